The van der Waals surface area contributed by atoms with Gasteiger partial charge in [0.05, 0.1) is 0 Å². The summed E-state index contributed by atoms with van der Waals surface area (Å²) in [5.74, 6) is 0.398. The van der Waals surface area contributed by atoms with Crippen LogP contribution in [0.5, 0.6) is 0 Å². The molecule has 1 aliphatic rings. The summed E-state index contributed by atoms with van der Waals surface area (Å²) in [5, 5.41) is 8.57. The fraction of sp³-hybridized carbons (Fsp3) is 0.952. The molecule has 0 saturated heterocycles. The Hall–Kier alpha value is 0.200. The van der Waals surface area contributed by atoms with Crippen molar-refractivity contribution in [3.05, 3.63) is 0 Å². The second-order valence-electron chi connectivity index (χ2n) is 7.79. The Labute approximate surface area is 163 Å². The van der Waals surface area contributed by atoms with Crippen LogP contribution in [0.25, 0.3) is 0 Å². The van der Waals surface area contributed by atoms with Gasteiger partial charge in [0.1, 0.15) is 0 Å². The molecule has 0 atom stereocenters. The molecule has 0 aromatic heterocycles. The van der Waals surface area contributed by atoms with Crippen molar-refractivity contribution in [1.82, 2.24) is 0 Å². The number of carboxylic acids is 1. The zero-order valence-corrected chi connectivity index (χ0v) is 17.8. The number of carboxylic acid groups (broad SMARTS) is 1. The highest BCUT2D eigenvalue weighted by molar-refractivity contribution is 14.1. The molecule has 0 unspecified atom stereocenters. The second-order valence-corrected chi connectivity index (χ2v) is 9.55. The normalized spacial score (nSPS) is 21.0. The number of hydrogen-bond donors (Lipinski definition) is 1. The quantitative estimate of drug-likeness (QED) is 0.159. The maximum absolute atomic E-state index is 10.4. The lowest BCUT2D eigenvalue weighted by Crippen LogP contribution is -2.13. The predicted molar refractivity (Wildman–Crippen MR) is 112 cm³/mol. The molecule has 1 saturated carbocycles. The van der Waals surface area contributed by atoms with Crippen LogP contribution in [0, 0.1) is 5.92 Å². The van der Waals surface area contributed by atoms with Gasteiger partial charge in [-0.15, -0.1) is 0 Å². The summed E-state index contributed by atoms with van der Waals surface area (Å²) in [6, 6.07) is 0. The van der Waals surface area contributed by atoms with Gasteiger partial charge in [-0.3, -0.25) is 4.79 Å². The standard InChI is InChI=1S/C21H39IO2/c22-20-17-15-19(16-18-20)13-11-9-7-5-3-1-2-4-6-8-10-12-14-21(23)24/h19-20H,1-18H2,(H,23,24). The van der Waals surface area contributed by atoms with Crippen molar-refractivity contribution in [2.75, 3.05) is 0 Å². The molecule has 3 heteroatoms. The predicted octanol–water partition coefficient (Wildman–Crippen LogP) is 7.53. The van der Waals surface area contributed by atoms with Crippen LogP contribution in [-0.2, 0) is 4.79 Å². The lowest BCUT2D eigenvalue weighted by atomic mass is 9.85. The van der Waals surface area contributed by atoms with Crippen LogP contribution in [0.2, 0.25) is 0 Å². The molecule has 0 radical (unpaired) electrons. The van der Waals surface area contributed by atoms with Crippen LogP contribution in [0.3, 0.4) is 0 Å². The average Bonchev–Trinajstić information content (AvgIpc) is 2.56. The van der Waals surface area contributed by atoms with Crippen molar-refractivity contribution in [3.63, 3.8) is 0 Å². The Morgan fingerprint density at radius 3 is 1.58 bits per heavy atom. The number of unbranched alkanes of at least 4 members (excludes halogenated alkanes) is 11. The summed E-state index contributed by atoms with van der Waals surface area (Å²) in [6.45, 7) is 0. The number of alkyl halides is 1. The molecule has 1 aliphatic carbocycles. The Kier molecular flexibility index (Phi) is 14.3. The summed E-state index contributed by atoms with van der Waals surface area (Å²) < 4.78 is 0.962. The molecule has 0 aromatic rings. The maximum atomic E-state index is 10.4. The molecule has 0 spiro atoms. The molecule has 0 amide bonds. The Morgan fingerprint density at radius 2 is 1.12 bits per heavy atom. The van der Waals surface area contributed by atoms with E-state index in [1.165, 1.54) is 96.3 Å². The van der Waals surface area contributed by atoms with Gasteiger partial charge in [-0.25, -0.2) is 0 Å². The van der Waals surface area contributed by atoms with Gasteiger partial charge in [0.25, 0.3) is 0 Å². The summed E-state index contributed by atoms with van der Waals surface area (Å²) in [4.78, 5) is 10.4. The third kappa shape index (κ3) is 13.5. The summed E-state index contributed by atoms with van der Waals surface area (Å²) >= 11 is 2.63. The second kappa shape index (κ2) is 15.5. The molecule has 142 valence electrons. The molecular weight excluding hydrogens is 411 g/mol. The minimum atomic E-state index is -0.650. The van der Waals surface area contributed by atoms with Crippen molar-refractivity contribution in [2.45, 2.75) is 119 Å². The van der Waals surface area contributed by atoms with Crippen LogP contribution in [0.1, 0.15) is 116 Å². The van der Waals surface area contributed by atoms with E-state index in [2.05, 4.69) is 22.6 Å². The minimum absolute atomic E-state index is 0.347. The van der Waals surface area contributed by atoms with Gasteiger partial charge in [-0.2, -0.15) is 0 Å². The van der Waals surface area contributed by atoms with Crippen molar-refractivity contribution in [1.29, 1.82) is 0 Å². The largest absolute Gasteiger partial charge is 0.481 e. The van der Waals surface area contributed by atoms with Gasteiger partial charge in [0, 0.05) is 10.3 Å². The van der Waals surface area contributed by atoms with Crippen LogP contribution in [0.4, 0.5) is 0 Å². The molecule has 0 aliphatic heterocycles. The smallest absolute Gasteiger partial charge is 0.303 e. The van der Waals surface area contributed by atoms with Crippen molar-refractivity contribution in [2.24, 2.45) is 5.92 Å². The van der Waals surface area contributed by atoms with E-state index in [0.717, 1.165) is 22.7 Å². The fourth-order valence-corrected chi connectivity index (χ4v) is 4.61. The third-order valence-electron chi connectivity index (χ3n) is 5.53. The number of carbonyl (C=O) groups is 1. The lowest BCUT2D eigenvalue weighted by molar-refractivity contribution is -0.137. The number of aliphatic carboxylic acids is 1. The SMILES string of the molecule is O=C(O)CCCCCCCCCCCCCCC1CCC(I)CC1. The van der Waals surface area contributed by atoms with E-state index in [9.17, 15) is 4.79 Å². The van der Waals surface area contributed by atoms with Gasteiger partial charge in [0.15, 0.2) is 0 Å². The maximum Gasteiger partial charge on any atom is 0.303 e. The number of rotatable bonds is 15. The van der Waals surface area contributed by atoms with Gasteiger partial charge in [-0.05, 0) is 38.0 Å². The van der Waals surface area contributed by atoms with E-state index in [1.54, 1.807) is 0 Å². The van der Waals surface area contributed by atoms with Crippen LogP contribution in [0.15, 0.2) is 0 Å². The summed E-state index contributed by atoms with van der Waals surface area (Å²) in [6.07, 6.45) is 23.5. The zero-order chi connectivity index (χ0) is 17.5. The highest BCUT2D eigenvalue weighted by Crippen LogP contribution is 2.32. The fourth-order valence-electron chi connectivity index (χ4n) is 3.89. The summed E-state index contributed by atoms with van der Waals surface area (Å²) in [5.41, 5.74) is 0. The molecule has 1 N–H and O–H groups in total. The topological polar surface area (TPSA) is 37.3 Å². The van der Waals surface area contributed by atoms with Gasteiger partial charge in [0.2, 0.25) is 0 Å². The first-order valence-electron chi connectivity index (χ1n) is 10.5. The zero-order valence-electron chi connectivity index (χ0n) is 15.6. The molecule has 0 bridgehead atoms. The monoisotopic (exact) mass is 450 g/mol. The summed E-state index contributed by atoms with van der Waals surface area (Å²) in [7, 11) is 0. The first-order chi connectivity index (χ1) is 11.7. The van der Waals surface area contributed by atoms with Gasteiger partial charge < -0.3 is 5.11 Å². The minimum Gasteiger partial charge on any atom is -0.481 e. The molecule has 24 heavy (non-hydrogen) atoms. The van der Waals surface area contributed by atoms with E-state index in [0.29, 0.717) is 6.42 Å². The lowest BCUT2D eigenvalue weighted by Gasteiger charge is -2.25. The number of hydrogen-bond acceptors (Lipinski definition) is 1. The highest BCUT2D eigenvalue weighted by Gasteiger charge is 2.18. The van der Waals surface area contributed by atoms with Gasteiger partial charge in [-0.1, -0.05) is 99.6 Å². The van der Waals surface area contributed by atoms with E-state index < -0.39 is 5.97 Å². The van der Waals surface area contributed by atoms with Gasteiger partial charge >= 0.3 is 5.97 Å². The molecule has 2 nitrogen and oxygen atoms in total. The molecule has 1 rings (SSSR count). The first-order valence-corrected chi connectivity index (χ1v) is 11.8. The van der Waals surface area contributed by atoms with Crippen molar-refractivity contribution < 1.29 is 9.90 Å². The Bertz CT molecular complexity index is 298. The van der Waals surface area contributed by atoms with E-state index in [4.69, 9.17) is 5.11 Å². The third-order valence-corrected chi connectivity index (χ3v) is 6.77. The first kappa shape index (κ1) is 22.2. The highest BCUT2D eigenvalue weighted by atomic mass is 127. The van der Waals surface area contributed by atoms with Crippen molar-refractivity contribution >= 4 is 28.6 Å². The number of halogens is 1. The van der Waals surface area contributed by atoms with Crippen molar-refractivity contribution in [3.8, 4) is 0 Å². The Morgan fingerprint density at radius 1 is 0.708 bits per heavy atom. The van der Waals surface area contributed by atoms with Crippen LogP contribution < -0.4 is 0 Å². The van der Waals surface area contributed by atoms with E-state index in [1.807, 2.05) is 0 Å². The Balaban J connectivity index is 1.71. The average molecular weight is 450 g/mol. The molecule has 0 heterocycles. The molecule has 1 fully saturated rings. The van der Waals surface area contributed by atoms with Crippen LogP contribution >= 0.6 is 22.6 Å². The molecule has 0 aromatic carbocycles. The van der Waals surface area contributed by atoms with Crippen LogP contribution in [-0.4, -0.2) is 15.0 Å². The van der Waals surface area contributed by atoms with E-state index >= 15 is 0 Å². The molecular formula is C21H39IO2. The van der Waals surface area contributed by atoms with E-state index in [-0.39, 0.29) is 0 Å².